The van der Waals surface area contributed by atoms with Crippen LogP contribution in [0.25, 0.3) is 28.1 Å². The Kier molecular flexibility index (Phi) is 6.32. The van der Waals surface area contributed by atoms with Gasteiger partial charge < -0.3 is 14.6 Å². The maximum atomic E-state index is 6.43. The zero-order chi connectivity index (χ0) is 24.5. The van der Waals surface area contributed by atoms with Crippen molar-refractivity contribution in [3.05, 3.63) is 94.5 Å². The smallest absolute Gasteiger partial charge is 0.0900 e. The Labute approximate surface area is 218 Å². The first-order valence-corrected chi connectivity index (χ1v) is 12.6. The fraction of sp³-hybridized carbons (Fsp3) is 0.179. The molecule has 0 atom stereocenters. The molecule has 2 aliphatic heterocycles. The summed E-state index contributed by atoms with van der Waals surface area (Å²) in [6, 6.07) is 22.0. The van der Waals surface area contributed by atoms with E-state index in [9.17, 15) is 0 Å². The minimum Gasteiger partial charge on any atom is -0.381 e. The minimum absolute atomic E-state index is 0.192. The lowest BCUT2D eigenvalue weighted by Crippen LogP contribution is -2.23. The van der Waals surface area contributed by atoms with Crippen molar-refractivity contribution in [2.24, 2.45) is 4.99 Å². The summed E-state index contributed by atoms with van der Waals surface area (Å²) in [5.74, 6) is 0. The number of para-hydroxylation sites is 2. The third-order valence-corrected chi connectivity index (χ3v) is 7.05. The number of rotatable bonds is 4. The van der Waals surface area contributed by atoms with E-state index in [-0.39, 0.29) is 6.04 Å². The van der Waals surface area contributed by atoms with Crippen LogP contribution >= 0.6 is 23.2 Å². The monoisotopic (exact) mass is 515 g/mol. The van der Waals surface area contributed by atoms with Crippen molar-refractivity contribution in [1.29, 1.82) is 0 Å². The summed E-state index contributed by atoms with van der Waals surface area (Å²) in [5.41, 5.74) is 6.26. The molecule has 1 aromatic heterocycles. The second kappa shape index (κ2) is 9.90. The number of hydrogen-bond acceptors (Lipinski definition) is 5. The van der Waals surface area contributed by atoms with Gasteiger partial charge >= 0.3 is 0 Å². The molecule has 8 heteroatoms. The van der Waals surface area contributed by atoms with E-state index in [2.05, 4.69) is 33.1 Å². The summed E-state index contributed by atoms with van der Waals surface area (Å²) < 4.78 is 7.72. The van der Waals surface area contributed by atoms with Crippen molar-refractivity contribution in [3.8, 4) is 17.1 Å². The lowest BCUT2D eigenvalue weighted by atomic mass is 10.1. The highest BCUT2D eigenvalue weighted by Gasteiger charge is 2.19. The van der Waals surface area contributed by atoms with Crippen LogP contribution in [0.1, 0.15) is 12.8 Å². The third-order valence-electron chi connectivity index (χ3n) is 6.31. The largest absolute Gasteiger partial charge is 0.381 e. The first-order chi connectivity index (χ1) is 17.7. The van der Waals surface area contributed by atoms with Crippen LogP contribution in [-0.2, 0) is 4.74 Å². The van der Waals surface area contributed by atoms with E-state index < -0.39 is 0 Å². The average Bonchev–Trinajstić information content (AvgIpc) is 2.91. The van der Waals surface area contributed by atoms with Crippen molar-refractivity contribution in [3.63, 3.8) is 0 Å². The molecule has 0 bridgehead atoms. The second-order valence-corrected chi connectivity index (χ2v) is 9.55. The van der Waals surface area contributed by atoms with Gasteiger partial charge in [-0.2, -0.15) is 0 Å². The Hall–Kier alpha value is -3.45. The number of fused-ring (bicyclic) bond motifs is 2. The molecule has 3 aromatic rings. The molecule has 3 heterocycles. The molecule has 1 N–H and O–H groups in total. The van der Waals surface area contributed by atoms with Crippen molar-refractivity contribution in [2.45, 2.75) is 18.9 Å². The molecule has 0 radical (unpaired) electrons. The number of aromatic nitrogens is 3. The molecule has 1 saturated heterocycles. The molecule has 36 heavy (non-hydrogen) atoms. The Morgan fingerprint density at radius 3 is 2.61 bits per heavy atom. The molecule has 1 fully saturated rings. The maximum absolute atomic E-state index is 6.43. The van der Waals surface area contributed by atoms with E-state index in [1.165, 1.54) is 0 Å². The quantitative estimate of drug-likeness (QED) is 0.272. The highest BCUT2D eigenvalue weighted by Crippen LogP contribution is 2.33. The first kappa shape index (κ1) is 23.0. The van der Waals surface area contributed by atoms with Crippen LogP contribution in [0.15, 0.2) is 84.1 Å². The van der Waals surface area contributed by atoms with E-state index >= 15 is 0 Å². The highest BCUT2D eigenvalue weighted by molar-refractivity contribution is 6.42. The normalized spacial score (nSPS) is 15.0. The summed E-state index contributed by atoms with van der Waals surface area (Å²) in [5, 5.41) is 5.38. The number of benzene rings is 3. The van der Waals surface area contributed by atoms with Gasteiger partial charge in [-0.1, -0.05) is 35.3 Å². The Morgan fingerprint density at radius 1 is 0.944 bits per heavy atom. The second-order valence-electron chi connectivity index (χ2n) is 8.73. The van der Waals surface area contributed by atoms with Gasteiger partial charge in [0.2, 0.25) is 0 Å². The molecule has 3 aliphatic rings. The maximum Gasteiger partial charge on any atom is 0.0900 e. The van der Waals surface area contributed by atoms with E-state index in [1.807, 2.05) is 48.5 Å². The summed E-state index contributed by atoms with van der Waals surface area (Å²) in [4.78, 5) is 14.4. The molecule has 180 valence electrons. The zero-order valence-electron chi connectivity index (χ0n) is 19.4. The van der Waals surface area contributed by atoms with Crippen molar-refractivity contribution < 1.29 is 4.74 Å². The molecule has 0 spiro atoms. The third kappa shape index (κ3) is 4.55. The standard InChI is InChI=1S/C28H23Cl2N5O/c29-21-8-7-20(14-22(21)30)35-27-6-2-1-5-23(27)34-26-15-24(33-19-4-3-11-31-17-19)25(16-28(26)35)32-18-9-12-36-13-10-18/h1-8,11,14-18,33H,9-10,12-13H2/b32-25+. The molecule has 0 amide bonds. The zero-order valence-corrected chi connectivity index (χ0v) is 20.9. The molecule has 6 nitrogen and oxygen atoms in total. The molecule has 6 rings (SSSR count). The summed E-state index contributed by atoms with van der Waals surface area (Å²) in [7, 11) is 0. The van der Waals surface area contributed by atoms with Gasteiger partial charge in [0.1, 0.15) is 0 Å². The van der Waals surface area contributed by atoms with Gasteiger partial charge in [-0.25, -0.2) is 4.98 Å². The van der Waals surface area contributed by atoms with Crippen LogP contribution in [0.3, 0.4) is 0 Å². The minimum atomic E-state index is 0.192. The van der Waals surface area contributed by atoms with Crippen LogP contribution in [0.5, 0.6) is 0 Å². The van der Waals surface area contributed by atoms with Crippen LogP contribution < -0.4 is 10.7 Å². The van der Waals surface area contributed by atoms with Gasteiger partial charge in [-0.3, -0.25) is 9.98 Å². The number of nitrogens with one attached hydrogen (secondary N) is 1. The Balaban J connectivity index is 1.63. The topological polar surface area (TPSA) is 64.3 Å². The van der Waals surface area contributed by atoms with Crippen molar-refractivity contribution >= 4 is 45.6 Å². The Morgan fingerprint density at radius 2 is 1.81 bits per heavy atom. The van der Waals surface area contributed by atoms with E-state index in [0.717, 1.165) is 70.9 Å². The van der Waals surface area contributed by atoms with Gasteiger partial charge in [0, 0.05) is 25.1 Å². The van der Waals surface area contributed by atoms with Gasteiger partial charge in [0.15, 0.2) is 0 Å². The lowest BCUT2D eigenvalue weighted by Gasteiger charge is -2.22. The van der Waals surface area contributed by atoms with Crippen LogP contribution in [-0.4, -0.2) is 33.8 Å². The summed E-state index contributed by atoms with van der Waals surface area (Å²) in [6.07, 6.45) is 5.35. The molecule has 2 aromatic carbocycles. The fourth-order valence-electron chi connectivity index (χ4n) is 4.55. The first-order valence-electron chi connectivity index (χ1n) is 11.9. The van der Waals surface area contributed by atoms with Gasteiger partial charge in [-0.15, -0.1) is 0 Å². The van der Waals surface area contributed by atoms with Crippen LogP contribution in [0.2, 0.25) is 10.0 Å². The number of halogens is 2. The fourth-order valence-corrected chi connectivity index (χ4v) is 4.85. The van der Waals surface area contributed by atoms with Gasteiger partial charge in [0.25, 0.3) is 0 Å². The van der Waals surface area contributed by atoms with E-state index in [1.54, 1.807) is 12.4 Å². The molecular weight excluding hydrogens is 493 g/mol. The predicted molar refractivity (Wildman–Crippen MR) is 145 cm³/mol. The SMILES string of the molecule is Clc1ccc(-n2c3c/c(=N\C4CCOCC4)c(Nc4cccnc4)cc-3nc3ccccc32)cc1Cl. The summed E-state index contributed by atoms with van der Waals surface area (Å²) >= 11 is 12.7. The summed E-state index contributed by atoms with van der Waals surface area (Å²) in [6.45, 7) is 1.45. The number of ether oxygens (including phenoxy) is 1. The van der Waals surface area contributed by atoms with Crippen molar-refractivity contribution in [1.82, 2.24) is 14.5 Å². The van der Waals surface area contributed by atoms with Crippen LogP contribution in [0, 0.1) is 0 Å². The predicted octanol–water partition coefficient (Wildman–Crippen LogP) is 6.66. The molecule has 0 unspecified atom stereocenters. The number of pyridine rings is 1. The molecule has 1 aliphatic carbocycles. The van der Waals surface area contributed by atoms with Crippen molar-refractivity contribution in [2.75, 3.05) is 18.5 Å². The van der Waals surface area contributed by atoms with E-state index in [0.29, 0.717) is 10.0 Å². The number of nitrogens with zero attached hydrogens (tertiary/aromatic N) is 4. The van der Waals surface area contributed by atoms with E-state index in [4.69, 9.17) is 37.9 Å². The highest BCUT2D eigenvalue weighted by atomic mass is 35.5. The van der Waals surface area contributed by atoms with Gasteiger partial charge in [-0.05, 0) is 67.4 Å². The van der Waals surface area contributed by atoms with Crippen LogP contribution in [0.4, 0.5) is 11.4 Å². The molecule has 0 saturated carbocycles. The lowest BCUT2D eigenvalue weighted by molar-refractivity contribution is 0.0864. The number of hydrogen-bond donors (Lipinski definition) is 1. The average molecular weight is 516 g/mol. The number of anilines is 2. The van der Waals surface area contributed by atoms with Gasteiger partial charge in [0.05, 0.1) is 61.4 Å². The molecular formula is C28H23Cl2N5O. The Bertz CT molecular complexity index is 1580.